The second-order valence-electron chi connectivity index (χ2n) is 2.78. The Labute approximate surface area is 77.8 Å². The predicted molar refractivity (Wildman–Crippen MR) is 52.3 cm³/mol. The van der Waals surface area contributed by atoms with Crippen molar-refractivity contribution in [1.29, 1.82) is 0 Å². The number of hydrogen-bond acceptors (Lipinski definition) is 2. The molecular weight excluding hydrogens is 172 g/mol. The number of halogens is 1. The van der Waals surface area contributed by atoms with Gasteiger partial charge in [0.05, 0.1) is 0 Å². The van der Waals surface area contributed by atoms with Gasteiger partial charge in [0.25, 0.3) is 0 Å². The Bertz CT molecular complexity index is 261. The molecule has 0 aliphatic carbocycles. The first-order valence-electron chi connectivity index (χ1n) is 4.15. The van der Waals surface area contributed by atoms with E-state index in [1.807, 2.05) is 6.07 Å². The Hall–Kier alpha value is -0.760. The van der Waals surface area contributed by atoms with Gasteiger partial charge in [-0.2, -0.15) is 0 Å². The van der Waals surface area contributed by atoms with E-state index in [9.17, 15) is 0 Å². The van der Waals surface area contributed by atoms with Gasteiger partial charge in [-0.15, -0.1) is 0 Å². The summed E-state index contributed by atoms with van der Waals surface area (Å²) in [5.41, 5.74) is 6.76. The van der Waals surface area contributed by atoms with Gasteiger partial charge in [0.2, 0.25) is 0 Å². The molecule has 66 valence electrons. The van der Waals surface area contributed by atoms with Crippen LogP contribution in [-0.4, -0.2) is 4.98 Å². The zero-order valence-electron chi connectivity index (χ0n) is 7.18. The van der Waals surface area contributed by atoms with Gasteiger partial charge >= 0.3 is 0 Å². The number of pyridine rings is 1. The van der Waals surface area contributed by atoms with E-state index in [0.29, 0.717) is 11.0 Å². The molecule has 0 saturated heterocycles. The SMILES string of the molecule is CCCCc1ccc(Cl)nc1N. The standard InChI is InChI=1S/C9H13ClN2/c1-2-3-4-7-5-6-8(10)12-9(7)11/h5-6H,2-4H2,1H3,(H2,11,12). The lowest BCUT2D eigenvalue weighted by Crippen LogP contribution is -1.97. The van der Waals surface area contributed by atoms with E-state index in [0.717, 1.165) is 18.4 Å². The van der Waals surface area contributed by atoms with Crippen molar-refractivity contribution in [3.8, 4) is 0 Å². The van der Waals surface area contributed by atoms with Gasteiger partial charge in [-0.1, -0.05) is 31.0 Å². The maximum atomic E-state index is 5.67. The molecule has 12 heavy (non-hydrogen) atoms. The number of aromatic nitrogens is 1. The molecule has 2 nitrogen and oxygen atoms in total. The van der Waals surface area contributed by atoms with Crippen LogP contribution in [0, 0.1) is 0 Å². The fraction of sp³-hybridized carbons (Fsp3) is 0.444. The van der Waals surface area contributed by atoms with Gasteiger partial charge in [-0.05, 0) is 24.5 Å². The molecule has 1 rings (SSSR count). The van der Waals surface area contributed by atoms with Crippen LogP contribution < -0.4 is 5.73 Å². The van der Waals surface area contributed by atoms with E-state index in [4.69, 9.17) is 17.3 Å². The first kappa shape index (κ1) is 9.33. The predicted octanol–water partition coefficient (Wildman–Crippen LogP) is 2.66. The van der Waals surface area contributed by atoms with Crippen LogP contribution in [0.4, 0.5) is 5.82 Å². The van der Waals surface area contributed by atoms with Crippen molar-refractivity contribution in [3.63, 3.8) is 0 Å². The molecule has 0 amide bonds. The number of unbranched alkanes of at least 4 members (excludes halogenated alkanes) is 1. The van der Waals surface area contributed by atoms with Crippen molar-refractivity contribution in [3.05, 3.63) is 22.8 Å². The third-order valence-electron chi connectivity index (χ3n) is 1.78. The third-order valence-corrected chi connectivity index (χ3v) is 1.99. The van der Waals surface area contributed by atoms with E-state index >= 15 is 0 Å². The molecule has 0 bridgehead atoms. The second-order valence-corrected chi connectivity index (χ2v) is 3.17. The lowest BCUT2D eigenvalue weighted by Gasteiger charge is -2.02. The van der Waals surface area contributed by atoms with Crippen molar-refractivity contribution in [1.82, 2.24) is 4.98 Å². The van der Waals surface area contributed by atoms with Crippen LogP contribution in [0.25, 0.3) is 0 Å². The number of nitrogen functional groups attached to an aromatic ring is 1. The molecule has 0 saturated carbocycles. The quantitative estimate of drug-likeness (QED) is 0.734. The number of anilines is 1. The highest BCUT2D eigenvalue weighted by Gasteiger charge is 1.99. The first-order chi connectivity index (χ1) is 5.74. The lowest BCUT2D eigenvalue weighted by atomic mass is 10.1. The molecule has 0 unspecified atom stereocenters. The molecule has 1 heterocycles. The van der Waals surface area contributed by atoms with Crippen molar-refractivity contribution >= 4 is 17.4 Å². The Kier molecular flexibility index (Phi) is 3.35. The number of aryl methyl sites for hydroxylation is 1. The van der Waals surface area contributed by atoms with Crippen molar-refractivity contribution in [2.24, 2.45) is 0 Å². The van der Waals surface area contributed by atoms with Crippen molar-refractivity contribution < 1.29 is 0 Å². The van der Waals surface area contributed by atoms with E-state index in [1.165, 1.54) is 6.42 Å². The van der Waals surface area contributed by atoms with Crippen LogP contribution in [0.5, 0.6) is 0 Å². The Morgan fingerprint density at radius 3 is 2.83 bits per heavy atom. The molecule has 1 aromatic heterocycles. The highest BCUT2D eigenvalue weighted by atomic mass is 35.5. The number of nitrogens with zero attached hydrogens (tertiary/aromatic N) is 1. The van der Waals surface area contributed by atoms with E-state index in [-0.39, 0.29) is 0 Å². The summed E-state index contributed by atoms with van der Waals surface area (Å²) in [7, 11) is 0. The summed E-state index contributed by atoms with van der Waals surface area (Å²) in [6.07, 6.45) is 3.31. The first-order valence-corrected chi connectivity index (χ1v) is 4.52. The fourth-order valence-corrected chi connectivity index (χ4v) is 1.21. The molecule has 2 N–H and O–H groups in total. The summed E-state index contributed by atoms with van der Waals surface area (Å²) < 4.78 is 0. The summed E-state index contributed by atoms with van der Waals surface area (Å²) in [4.78, 5) is 3.97. The average Bonchev–Trinajstić information content (AvgIpc) is 2.03. The van der Waals surface area contributed by atoms with Crippen LogP contribution in [0.15, 0.2) is 12.1 Å². The molecular formula is C9H13ClN2. The normalized spacial score (nSPS) is 10.2. The van der Waals surface area contributed by atoms with Gasteiger partial charge in [0, 0.05) is 0 Å². The topological polar surface area (TPSA) is 38.9 Å². The lowest BCUT2D eigenvalue weighted by molar-refractivity contribution is 0.794. The van der Waals surface area contributed by atoms with Gasteiger partial charge in [0.15, 0.2) is 0 Å². The molecule has 0 radical (unpaired) electrons. The summed E-state index contributed by atoms with van der Waals surface area (Å²) in [6, 6.07) is 3.73. The largest absolute Gasteiger partial charge is 0.383 e. The van der Waals surface area contributed by atoms with E-state index < -0.39 is 0 Å². The second kappa shape index (κ2) is 4.31. The Morgan fingerprint density at radius 1 is 1.50 bits per heavy atom. The minimum atomic E-state index is 0.466. The van der Waals surface area contributed by atoms with Gasteiger partial charge < -0.3 is 5.73 Å². The van der Waals surface area contributed by atoms with Crippen LogP contribution in [-0.2, 0) is 6.42 Å². The Morgan fingerprint density at radius 2 is 2.25 bits per heavy atom. The summed E-state index contributed by atoms with van der Waals surface area (Å²) in [5.74, 6) is 0.566. The molecule has 0 atom stereocenters. The monoisotopic (exact) mass is 184 g/mol. The molecule has 0 spiro atoms. The summed E-state index contributed by atoms with van der Waals surface area (Å²) >= 11 is 5.66. The zero-order valence-corrected chi connectivity index (χ0v) is 7.93. The van der Waals surface area contributed by atoms with Crippen LogP contribution in [0.1, 0.15) is 25.3 Å². The number of rotatable bonds is 3. The van der Waals surface area contributed by atoms with Crippen LogP contribution in [0.2, 0.25) is 5.15 Å². The van der Waals surface area contributed by atoms with E-state index in [2.05, 4.69) is 11.9 Å². The van der Waals surface area contributed by atoms with Crippen molar-refractivity contribution in [2.45, 2.75) is 26.2 Å². The molecule has 0 fully saturated rings. The highest BCUT2D eigenvalue weighted by Crippen LogP contribution is 2.15. The Balaban J connectivity index is 2.72. The highest BCUT2D eigenvalue weighted by molar-refractivity contribution is 6.29. The molecule has 0 aliphatic rings. The average molecular weight is 185 g/mol. The van der Waals surface area contributed by atoms with Crippen LogP contribution >= 0.6 is 11.6 Å². The smallest absolute Gasteiger partial charge is 0.131 e. The summed E-state index contributed by atoms with van der Waals surface area (Å²) in [5, 5.41) is 0.466. The maximum absolute atomic E-state index is 5.67. The number of hydrogen-bond donors (Lipinski definition) is 1. The molecule has 0 aliphatic heterocycles. The van der Waals surface area contributed by atoms with Gasteiger partial charge in [-0.25, -0.2) is 4.98 Å². The minimum absolute atomic E-state index is 0.466. The minimum Gasteiger partial charge on any atom is -0.383 e. The van der Waals surface area contributed by atoms with Crippen molar-refractivity contribution in [2.75, 3.05) is 5.73 Å². The van der Waals surface area contributed by atoms with Gasteiger partial charge in [0.1, 0.15) is 11.0 Å². The molecule has 3 heteroatoms. The molecule has 0 aromatic carbocycles. The number of nitrogens with two attached hydrogens (primary N) is 1. The van der Waals surface area contributed by atoms with E-state index in [1.54, 1.807) is 6.07 Å². The van der Waals surface area contributed by atoms with Crippen LogP contribution in [0.3, 0.4) is 0 Å². The zero-order chi connectivity index (χ0) is 8.97. The summed E-state index contributed by atoms with van der Waals surface area (Å²) in [6.45, 7) is 2.15. The maximum Gasteiger partial charge on any atom is 0.131 e. The third kappa shape index (κ3) is 2.38. The molecule has 1 aromatic rings. The fourth-order valence-electron chi connectivity index (χ4n) is 1.06. The van der Waals surface area contributed by atoms with Gasteiger partial charge in [-0.3, -0.25) is 0 Å².